The molecule has 0 unspecified atom stereocenters. The smallest absolute Gasteiger partial charge is 0.123 e. The molecule has 4 heteroatoms. The van der Waals surface area contributed by atoms with Crippen LogP contribution in [0.3, 0.4) is 0 Å². The summed E-state index contributed by atoms with van der Waals surface area (Å²) in [5.41, 5.74) is 7.80. The van der Waals surface area contributed by atoms with E-state index in [-0.39, 0.29) is 11.4 Å². The van der Waals surface area contributed by atoms with E-state index in [4.69, 9.17) is 5.73 Å². The molecule has 0 saturated carbocycles. The Kier molecular flexibility index (Phi) is 4.00. The highest BCUT2D eigenvalue weighted by molar-refractivity contribution is 5.59. The predicted molar refractivity (Wildman–Crippen MR) is 75.2 cm³/mol. The van der Waals surface area contributed by atoms with Gasteiger partial charge in [-0.15, -0.1) is 0 Å². The highest BCUT2D eigenvalue weighted by Crippen LogP contribution is 2.30. The molecule has 0 atom stereocenters. The maximum Gasteiger partial charge on any atom is 0.123 e. The summed E-state index contributed by atoms with van der Waals surface area (Å²) in [5.74, 6) is -0.231. The number of hydrogen-bond donors (Lipinski definition) is 1. The molecule has 2 aromatic rings. The lowest BCUT2D eigenvalue weighted by atomic mass is 9.92. The third-order valence-corrected chi connectivity index (χ3v) is 3.99. The van der Waals surface area contributed by atoms with Crippen LogP contribution in [0.25, 0.3) is 11.3 Å². The molecule has 0 aliphatic rings. The van der Waals surface area contributed by atoms with Crippen molar-refractivity contribution in [3.8, 4) is 11.3 Å². The first-order chi connectivity index (χ1) is 9.16. The zero-order valence-corrected chi connectivity index (χ0v) is 11.4. The molecule has 0 aliphatic heterocycles. The van der Waals surface area contributed by atoms with Crippen LogP contribution < -0.4 is 5.73 Å². The summed E-state index contributed by atoms with van der Waals surface area (Å²) in [7, 11) is 0. The summed E-state index contributed by atoms with van der Waals surface area (Å²) in [6.07, 6.45) is 5.50. The molecular formula is C15H20FN3. The fourth-order valence-corrected chi connectivity index (χ4v) is 2.48. The van der Waals surface area contributed by atoms with E-state index in [1.165, 1.54) is 12.1 Å². The van der Waals surface area contributed by atoms with Gasteiger partial charge in [0.25, 0.3) is 0 Å². The lowest BCUT2D eigenvalue weighted by Crippen LogP contribution is -2.40. The Morgan fingerprint density at radius 2 is 1.84 bits per heavy atom. The summed E-state index contributed by atoms with van der Waals surface area (Å²) in [6, 6.07) is 6.48. The van der Waals surface area contributed by atoms with E-state index in [0.717, 1.165) is 24.1 Å². The lowest BCUT2D eigenvalue weighted by Gasteiger charge is -2.33. The van der Waals surface area contributed by atoms with E-state index in [1.54, 1.807) is 12.1 Å². The van der Waals surface area contributed by atoms with E-state index in [2.05, 4.69) is 23.4 Å². The molecule has 1 heterocycles. The van der Waals surface area contributed by atoms with Gasteiger partial charge in [-0.1, -0.05) is 13.8 Å². The van der Waals surface area contributed by atoms with Crippen molar-refractivity contribution >= 4 is 0 Å². The number of aromatic nitrogens is 2. The summed E-state index contributed by atoms with van der Waals surface area (Å²) in [5, 5.41) is 0. The number of nitrogens with two attached hydrogens (primary N) is 1. The van der Waals surface area contributed by atoms with Crippen LogP contribution in [0.1, 0.15) is 26.7 Å². The molecule has 0 saturated heterocycles. The van der Waals surface area contributed by atoms with Crippen LogP contribution in [0.15, 0.2) is 36.8 Å². The molecule has 0 amide bonds. The normalized spacial score (nSPS) is 11.8. The van der Waals surface area contributed by atoms with Gasteiger partial charge in [0.2, 0.25) is 0 Å². The van der Waals surface area contributed by atoms with Gasteiger partial charge < -0.3 is 10.3 Å². The van der Waals surface area contributed by atoms with Gasteiger partial charge in [0.1, 0.15) is 5.82 Å². The topological polar surface area (TPSA) is 43.8 Å². The van der Waals surface area contributed by atoms with Crippen LogP contribution in [-0.2, 0) is 5.54 Å². The highest BCUT2D eigenvalue weighted by atomic mass is 19.1. The molecule has 0 aliphatic carbocycles. The first-order valence-corrected chi connectivity index (χ1v) is 6.65. The van der Waals surface area contributed by atoms with Crippen LogP contribution in [0.5, 0.6) is 0 Å². The van der Waals surface area contributed by atoms with Crippen LogP contribution in [0.2, 0.25) is 0 Å². The van der Waals surface area contributed by atoms with Crippen molar-refractivity contribution in [2.75, 3.05) is 6.54 Å². The number of imidazole rings is 1. The van der Waals surface area contributed by atoms with Gasteiger partial charge in [0.05, 0.1) is 23.8 Å². The number of rotatable bonds is 5. The Morgan fingerprint density at radius 3 is 2.37 bits per heavy atom. The molecular weight excluding hydrogens is 241 g/mol. The predicted octanol–water partition coefficient (Wildman–Crippen LogP) is 3.16. The third-order valence-electron chi connectivity index (χ3n) is 3.99. The van der Waals surface area contributed by atoms with Gasteiger partial charge in [-0.25, -0.2) is 9.37 Å². The van der Waals surface area contributed by atoms with Crippen molar-refractivity contribution in [2.45, 2.75) is 32.2 Å². The number of halogens is 1. The molecule has 1 aromatic carbocycles. The largest absolute Gasteiger partial charge is 0.328 e. The fraction of sp³-hybridized carbons (Fsp3) is 0.400. The van der Waals surface area contributed by atoms with Crippen LogP contribution in [0.4, 0.5) is 4.39 Å². The molecule has 1 aromatic heterocycles. The fourth-order valence-electron chi connectivity index (χ4n) is 2.48. The van der Waals surface area contributed by atoms with Crippen molar-refractivity contribution < 1.29 is 4.39 Å². The zero-order chi connectivity index (χ0) is 13.9. The van der Waals surface area contributed by atoms with Gasteiger partial charge >= 0.3 is 0 Å². The standard InChI is InChI=1S/C15H20FN3/c1-3-15(4-2,10-17)19-11-18-9-14(19)12-5-7-13(16)8-6-12/h5-9,11H,3-4,10,17H2,1-2H3. The van der Waals surface area contributed by atoms with Gasteiger partial charge in [0.15, 0.2) is 0 Å². The van der Waals surface area contributed by atoms with Crippen molar-refractivity contribution in [1.29, 1.82) is 0 Å². The minimum absolute atomic E-state index is 0.125. The molecule has 0 spiro atoms. The second-order valence-electron chi connectivity index (χ2n) is 4.79. The molecule has 3 nitrogen and oxygen atoms in total. The maximum absolute atomic E-state index is 13.0. The van der Waals surface area contributed by atoms with E-state index >= 15 is 0 Å². The molecule has 0 bridgehead atoms. The third kappa shape index (κ3) is 2.40. The van der Waals surface area contributed by atoms with Crippen molar-refractivity contribution in [1.82, 2.24) is 9.55 Å². The number of nitrogens with zero attached hydrogens (tertiary/aromatic N) is 2. The summed E-state index contributed by atoms with van der Waals surface area (Å²) in [4.78, 5) is 4.24. The molecule has 0 radical (unpaired) electrons. The van der Waals surface area contributed by atoms with Gasteiger partial charge in [-0.2, -0.15) is 0 Å². The van der Waals surface area contributed by atoms with E-state index in [1.807, 2.05) is 12.5 Å². The average molecular weight is 261 g/mol. The number of hydrogen-bond acceptors (Lipinski definition) is 2. The second-order valence-corrected chi connectivity index (χ2v) is 4.79. The summed E-state index contributed by atoms with van der Waals surface area (Å²) < 4.78 is 15.1. The Balaban J connectivity index is 2.50. The van der Waals surface area contributed by atoms with Crippen LogP contribution in [0, 0.1) is 5.82 Å². The lowest BCUT2D eigenvalue weighted by molar-refractivity contribution is 0.274. The molecule has 102 valence electrons. The zero-order valence-electron chi connectivity index (χ0n) is 11.4. The van der Waals surface area contributed by atoms with Crippen molar-refractivity contribution in [3.63, 3.8) is 0 Å². The second kappa shape index (κ2) is 5.53. The van der Waals surface area contributed by atoms with Crippen molar-refractivity contribution in [2.24, 2.45) is 5.73 Å². The molecule has 19 heavy (non-hydrogen) atoms. The van der Waals surface area contributed by atoms with E-state index < -0.39 is 0 Å². The minimum Gasteiger partial charge on any atom is -0.328 e. The quantitative estimate of drug-likeness (QED) is 0.898. The van der Waals surface area contributed by atoms with E-state index in [0.29, 0.717) is 6.54 Å². The summed E-state index contributed by atoms with van der Waals surface area (Å²) in [6.45, 7) is 4.82. The van der Waals surface area contributed by atoms with Gasteiger partial charge in [0, 0.05) is 6.54 Å². The van der Waals surface area contributed by atoms with Crippen LogP contribution >= 0.6 is 0 Å². The Morgan fingerprint density at radius 1 is 1.21 bits per heavy atom. The van der Waals surface area contributed by atoms with Gasteiger partial charge in [-0.05, 0) is 42.7 Å². The molecule has 2 N–H and O–H groups in total. The first-order valence-electron chi connectivity index (χ1n) is 6.65. The molecule has 2 rings (SSSR count). The highest BCUT2D eigenvalue weighted by Gasteiger charge is 2.28. The van der Waals surface area contributed by atoms with Crippen molar-refractivity contribution in [3.05, 3.63) is 42.6 Å². The first kappa shape index (κ1) is 13.7. The van der Waals surface area contributed by atoms with Gasteiger partial charge in [-0.3, -0.25) is 0 Å². The number of benzene rings is 1. The SMILES string of the molecule is CCC(CC)(CN)n1cncc1-c1ccc(F)cc1. The Hall–Kier alpha value is -1.68. The molecule has 0 fully saturated rings. The monoisotopic (exact) mass is 261 g/mol. The van der Waals surface area contributed by atoms with E-state index in [9.17, 15) is 4.39 Å². The Bertz CT molecular complexity index is 518. The summed E-state index contributed by atoms with van der Waals surface area (Å²) >= 11 is 0. The minimum atomic E-state index is -0.231. The average Bonchev–Trinajstić information content (AvgIpc) is 2.92. The maximum atomic E-state index is 13.0. The Labute approximate surface area is 113 Å². The van der Waals surface area contributed by atoms with Crippen LogP contribution in [-0.4, -0.2) is 16.1 Å².